The Balaban J connectivity index is 2.04. The number of hydrogen-bond acceptors (Lipinski definition) is 5. The van der Waals surface area contributed by atoms with Gasteiger partial charge in [-0.15, -0.1) is 0 Å². The normalized spacial score (nSPS) is 14.5. The summed E-state index contributed by atoms with van der Waals surface area (Å²) in [6.45, 7) is 5.73. The Labute approximate surface area is 103 Å². The van der Waals surface area contributed by atoms with Crippen molar-refractivity contribution in [2.24, 2.45) is 0 Å². The van der Waals surface area contributed by atoms with Gasteiger partial charge in [0.05, 0.1) is 13.1 Å². The highest BCUT2D eigenvalue weighted by Crippen LogP contribution is 2.25. The minimum absolute atomic E-state index is 0.185. The van der Waals surface area contributed by atoms with Crippen molar-refractivity contribution in [1.29, 1.82) is 0 Å². The van der Waals surface area contributed by atoms with Gasteiger partial charge in [-0.2, -0.15) is 0 Å². The molecule has 7 nitrogen and oxygen atoms in total. The van der Waals surface area contributed by atoms with E-state index in [4.69, 9.17) is 14.3 Å². The lowest BCUT2D eigenvalue weighted by atomic mass is 10.2. The third-order valence-corrected chi connectivity index (χ3v) is 2.29. The molecule has 0 radical (unpaired) electrons. The summed E-state index contributed by atoms with van der Waals surface area (Å²) in [5.74, 6) is -1.16. The van der Waals surface area contributed by atoms with E-state index in [1.165, 1.54) is 4.90 Å². The third kappa shape index (κ3) is 2.44. The maximum absolute atomic E-state index is 11.8. The molecular weight excluding hydrogens is 240 g/mol. The first-order valence-corrected chi connectivity index (χ1v) is 5.46. The topological polar surface area (TPSA) is 92.9 Å². The molecule has 1 aromatic rings. The summed E-state index contributed by atoms with van der Waals surface area (Å²) in [5.41, 5.74) is -0.0984. The van der Waals surface area contributed by atoms with E-state index < -0.39 is 17.7 Å². The lowest BCUT2D eigenvalue weighted by Gasteiger charge is -2.23. The molecule has 18 heavy (non-hydrogen) atoms. The predicted octanol–water partition coefficient (Wildman–Crippen LogP) is 1.62. The van der Waals surface area contributed by atoms with E-state index in [1.54, 1.807) is 20.8 Å². The Morgan fingerprint density at radius 2 is 2.06 bits per heavy atom. The summed E-state index contributed by atoms with van der Waals surface area (Å²) in [4.78, 5) is 27.6. The SMILES string of the molecule is CC(C)(C)OC(=O)N1Cc2nc(C(=O)O)oc2C1. The molecule has 2 heterocycles. The Morgan fingerprint density at radius 3 is 2.56 bits per heavy atom. The predicted molar refractivity (Wildman–Crippen MR) is 58.9 cm³/mol. The van der Waals surface area contributed by atoms with Crippen LogP contribution in [0.3, 0.4) is 0 Å². The van der Waals surface area contributed by atoms with Crippen LogP contribution in [0.4, 0.5) is 4.79 Å². The Bertz CT molecular complexity index is 477. The van der Waals surface area contributed by atoms with Gasteiger partial charge in [-0.1, -0.05) is 0 Å². The van der Waals surface area contributed by atoms with Crippen LogP contribution < -0.4 is 0 Å². The number of aromatic nitrogens is 1. The molecule has 1 amide bonds. The van der Waals surface area contributed by atoms with E-state index in [0.717, 1.165) is 0 Å². The van der Waals surface area contributed by atoms with Gasteiger partial charge in [-0.05, 0) is 20.8 Å². The number of hydrogen-bond donors (Lipinski definition) is 1. The fraction of sp³-hybridized carbons (Fsp3) is 0.545. The van der Waals surface area contributed by atoms with Crippen LogP contribution in [0, 0.1) is 0 Å². The molecule has 7 heteroatoms. The van der Waals surface area contributed by atoms with Crippen LogP contribution in [-0.4, -0.2) is 32.7 Å². The van der Waals surface area contributed by atoms with Crippen molar-refractivity contribution in [3.8, 4) is 0 Å². The zero-order valence-electron chi connectivity index (χ0n) is 10.4. The van der Waals surface area contributed by atoms with Gasteiger partial charge in [-0.3, -0.25) is 4.90 Å². The minimum atomic E-state index is -1.21. The van der Waals surface area contributed by atoms with Crippen molar-refractivity contribution in [2.45, 2.75) is 39.5 Å². The molecule has 1 aliphatic heterocycles. The van der Waals surface area contributed by atoms with Crippen molar-refractivity contribution in [2.75, 3.05) is 0 Å². The summed E-state index contributed by atoms with van der Waals surface area (Å²) < 4.78 is 10.2. The van der Waals surface area contributed by atoms with Crippen molar-refractivity contribution >= 4 is 12.1 Å². The fourth-order valence-electron chi connectivity index (χ4n) is 1.59. The summed E-state index contributed by atoms with van der Waals surface area (Å²) >= 11 is 0. The Morgan fingerprint density at radius 1 is 1.39 bits per heavy atom. The number of ether oxygens (including phenoxy) is 1. The number of amides is 1. The maximum atomic E-state index is 11.8. The van der Waals surface area contributed by atoms with Crippen LogP contribution in [0.5, 0.6) is 0 Å². The van der Waals surface area contributed by atoms with Gasteiger partial charge in [0.1, 0.15) is 17.1 Å². The Hall–Kier alpha value is -2.05. The quantitative estimate of drug-likeness (QED) is 0.818. The van der Waals surface area contributed by atoms with Crippen molar-refractivity contribution < 1.29 is 23.8 Å². The number of carbonyl (C=O) groups excluding carboxylic acids is 1. The Kier molecular flexibility index (Phi) is 2.76. The lowest BCUT2D eigenvalue weighted by Crippen LogP contribution is -2.33. The van der Waals surface area contributed by atoms with Gasteiger partial charge in [0.25, 0.3) is 0 Å². The number of carbonyl (C=O) groups is 2. The summed E-state index contributed by atoms with van der Waals surface area (Å²) in [6, 6.07) is 0. The summed E-state index contributed by atoms with van der Waals surface area (Å²) in [7, 11) is 0. The van der Waals surface area contributed by atoms with Crippen LogP contribution >= 0.6 is 0 Å². The fourth-order valence-corrected chi connectivity index (χ4v) is 1.59. The van der Waals surface area contributed by atoms with Gasteiger partial charge in [0.15, 0.2) is 0 Å². The molecule has 98 valence electrons. The van der Waals surface area contributed by atoms with E-state index in [1.807, 2.05) is 0 Å². The van der Waals surface area contributed by atoms with Crippen LogP contribution in [0.2, 0.25) is 0 Å². The second-order valence-corrected chi connectivity index (χ2v) is 5.03. The van der Waals surface area contributed by atoms with Crippen LogP contribution in [0.15, 0.2) is 4.42 Å². The summed E-state index contributed by atoms with van der Waals surface area (Å²) in [5, 5.41) is 8.71. The zero-order valence-corrected chi connectivity index (χ0v) is 10.4. The minimum Gasteiger partial charge on any atom is -0.474 e. The first kappa shape index (κ1) is 12.4. The van der Waals surface area contributed by atoms with E-state index in [0.29, 0.717) is 11.5 Å². The van der Waals surface area contributed by atoms with Crippen molar-refractivity contribution in [1.82, 2.24) is 9.88 Å². The first-order chi connectivity index (χ1) is 8.26. The number of fused-ring (bicyclic) bond motifs is 1. The molecule has 0 spiro atoms. The van der Waals surface area contributed by atoms with Gasteiger partial charge in [0, 0.05) is 0 Å². The molecule has 0 unspecified atom stereocenters. The molecule has 1 aliphatic rings. The molecule has 0 aliphatic carbocycles. The lowest BCUT2D eigenvalue weighted by molar-refractivity contribution is 0.0231. The average Bonchev–Trinajstić information content (AvgIpc) is 2.69. The average molecular weight is 254 g/mol. The zero-order chi connectivity index (χ0) is 13.5. The van der Waals surface area contributed by atoms with E-state index >= 15 is 0 Å². The second kappa shape index (κ2) is 4.01. The van der Waals surface area contributed by atoms with Gasteiger partial charge < -0.3 is 14.3 Å². The van der Waals surface area contributed by atoms with E-state index in [2.05, 4.69) is 4.98 Å². The van der Waals surface area contributed by atoms with E-state index in [9.17, 15) is 9.59 Å². The molecule has 0 saturated carbocycles. The largest absolute Gasteiger partial charge is 0.474 e. The number of nitrogens with zero attached hydrogens (tertiary/aromatic N) is 2. The molecule has 2 rings (SSSR count). The first-order valence-electron chi connectivity index (χ1n) is 5.46. The smallest absolute Gasteiger partial charge is 0.411 e. The van der Waals surface area contributed by atoms with Crippen LogP contribution in [0.25, 0.3) is 0 Å². The molecule has 1 aromatic heterocycles. The highest BCUT2D eigenvalue weighted by atomic mass is 16.6. The van der Waals surface area contributed by atoms with Crippen molar-refractivity contribution in [3.63, 3.8) is 0 Å². The van der Waals surface area contributed by atoms with Gasteiger partial charge >= 0.3 is 18.0 Å². The number of carboxylic acids is 1. The third-order valence-electron chi connectivity index (χ3n) is 2.29. The number of oxazole rings is 1. The second-order valence-electron chi connectivity index (χ2n) is 5.03. The molecule has 0 saturated heterocycles. The molecule has 0 fully saturated rings. The number of rotatable bonds is 1. The molecular formula is C11H14N2O5. The summed E-state index contributed by atoms with van der Waals surface area (Å²) in [6.07, 6.45) is -0.465. The van der Waals surface area contributed by atoms with Crippen LogP contribution in [-0.2, 0) is 17.8 Å². The number of carboxylic acid groups (broad SMARTS) is 1. The molecule has 0 atom stereocenters. The van der Waals surface area contributed by atoms with Gasteiger partial charge in [0.2, 0.25) is 0 Å². The maximum Gasteiger partial charge on any atom is 0.411 e. The van der Waals surface area contributed by atoms with E-state index in [-0.39, 0.29) is 19.0 Å². The van der Waals surface area contributed by atoms with Crippen molar-refractivity contribution in [3.05, 3.63) is 17.3 Å². The highest BCUT2D eigenvalue weighted by Gasteiger charge is 2.32. The molecule has 1 N–H and O–H groups in total. The molecule has 0 bridgehead atoms. The molecule has 0 aromatic carbocycles. The monoisotopic (exact) mass is 254 g/mol. The van der Waals surface area contributed by atoms with Crippen LogP contribution in [0.1, 0.15) is 42.9 Å². The highest BCUT2D eigenvalue weighted by molar-refractivity contribution is 5.82. The standard InChI is InChI=1S/C11H14N2O5/c1-11(2,3)18-10(16)13-4-6-7(5-13)17-8(12-6)9(14)15/h4-5H2,1-3H3,(H,14,15). The van der Waals surface area contributed by atoms with Gasteiger partial charge in [-0.25, -0.2) is 14.6 Å². The number of aromatic carboxylic acids is 1.